The van der Waals surface area contributed by atoms with Crippen LogP contribution in [0.1, 0.15) is 69.8 Å². The molecule has 1 N–H and O–H groups in total. The fourth-order valence-corrected chi connectivity index (χ4v) is 6.21. The van der Waals surface area contributed by atoms with Crippen LogP contribution in [0.15, 0.2) is 29.2 Å². The summed E-state index contributed by atoms with van der Waals surface area (Å²) in [5, 5.41) is 0. The molecule has 7 nitrogen and oxygen atoms in total. The second-order valence-corrected chi connectivity index (χ2v) is 11.6. The molecule has 8 heteroatoms. The van der Waals surface area contributed by atoms with Crippen molar-refractivity contribution in [2.45, 2.75) is 81.6 Å². The topological polar surface area (TPSA) is 86.8 Å². The van der Waals surface area contributed by atoms with E-state index in [4.69, 9.17) is 0 Å². The van der Waals surface area contributed by atoms with Gasteiger partial charge in [0.15, 0.2) is 0 Å². The molecule has 3 aliphatic rings. The standard InChI is InChI=1S/C25H37N3O4S/c29-24(14-8-20-4-2-1-3-5-20)27-16-18-28(19-17-27)25(30)15-9-21-6-12-23(13-7-21)33(31,32)26-22-10-11-22/h6-7,12-13,20,22,26H,1-5,8-11,14-19H2. The third-order valence-corrected chi connectivity index (χ3v) is 8.77. The summed E-state index contributed by atoms with van der Waals surface area (Å²) in [5.74, 6) is 1.05. The Hall–Kier alpha value is -1.93. The van der Waals surface area contributed by atoms with E-state index in [-0.39, 0.29) is 22.8 Å². The van der Waals surface area contributed by atoms with Crippen molar-refractivity contribution in [1.29, 1.82) is 0 Å². The van der Waals surface area contributed by atoms with Crippen molar-refractivity contribution in [2.24, 2.45) is 5.92 Å². The maximum absolute atomic E-state index is 12.7. The van der Waals surface area contributed by atoms with Crippen LogP contribution in [0.25, 0.3) is 0 Å². The minimum absolute atomic E-state index is 0.0833. The number of nitrogens with zero attached hydrogens (tertiary/aromatic N) is 2. The summed E-state index contributed by atoms with van der Waals surface area (Å²) in [6.45, 7) is 2.43. The molecule has 4 rings (SSSR count). The van der Waals surface area contributed by atoms with Crippen molar-refractivity contribution < 1.29 is 18.0 Å². The molecule has 3 fully saturated rings. The number of piperazine rings is 1. The number of carbonyl (C=O) groups excluding carboxylic acids is 2. The molecule has 1 aromatic carbocycles. The molecular formula is C25H37N3O4S. The van der Waals surface area contributed by atoms with Crippen LogP contribution in [0.4, 0.5) is 0 Å². The Morgan fingerprint density at radius 1 is 0.818 bits per heavy atom. The zero-order valence-corrected chi connectivity index (χ0v) is 20.3. The van der Waals surface area contributed by atoms with Crippen molar-refractivity contribution in [2.75, 3.05) is 26.2 Å². The van der Waals surface area contributed by atoms with Gasteiger partial charge in [0.25, 0.3) is 0 Å². The summed E-state index contributed by atoms with van der Waals surface area (Å²) >= 11 is 0. The summed E-state index contributed by atoms with van der Waals surface area (Å²) in [6, 6.07) is 6.89. The summed E-state index contributed by atoms with van der Waals surface area (Å²) < 4.78 is 27.2. The molecule has 1 aromatic rings. The fourth-order valence-electron chi connectivity index (χ4n) is 4.90. The highest BCUT2D eigenvalue weighted by Gasteiger charge is 2.28. The Labute approximate surface area is 198 Å². The zero-order valence-electron chi connectivity index (χ0n) is 19.5. The van der Waals surface area contributed by atoms with Crippen LogP contribution in [0.5, 0.6) is 0 Å². The van der Waals surface area contributed by atoms with E-state index in [0.29, 0.717) is 51.4 Å². The van der Waals surface area contributed by atoms with Crippen molar-refractivity contribution in [3.8, 4) is 0 Å². The number of hydrogen-bond donors (Lipinski definition) is 1. The van der Waals surface area contributed by atoms with Gasteiger partial charge in [0.05, 0.1) is 4.90 Å². The van der Waals surface area contributed by atoms with E-state index in [9.17, 15) is 18.0 Å². The van der Waals surface area contributed by atoms with Gasteiger partial charge in [-0.05, 0) is 49.3 Å². The van der Waals surface area contributed by atoms with Crippen LogP contribution in [0.2, 0.25) is 0 Å². The number of amides is 2. The Bertz CT molecular complexity index is 913. The van der Waals surface area contributed by atoms with Gasteiger partial charge in [-0.1, -0.05) is 44.2 Å². The maximum atomic E-state index is 12.7. The predicted octanol–water partition coefficient (Wildman–Crippen LogP) is 3.09. The number of rotatable bonds is 9. The molecule has 0 radical (unpaired) electrons. The molecule has 0 aromatic heterocycles. The van der Waals surface area contributed by atoms with Gasteiger partial charge in [-0.3, -0.25) is 9.59 Å². The lowest BCUT2D eigenvalue weighted by Gasteiger charge is -2.35. The fraction of sp³-hybridized carbons (Fsp3) is 0.680. The number of aryl methyl sites for hydroxylation is 1. The highest BCUT2D eigenvalue weighted by molar-refractivity contribution is 7.89. The quantitative estimate of drug-likeness (QED) is 0.595. The lowest BCUT2D eigenvalue weighted by molar-refractivity contribution is -0.139. The Morgan fingerprint density at radius 2 is 1.39 bits per heavy atom. The smallest absolute Gasteiger partial charge is 0.240 e. The summed E-state index contributed by atoms with van der Waals surface area (Å²) in [5.41, 5.74) is 0.949. The molecule has 2 amide bonds. The van der Waals surface area contributed by atoms with Crippen LogP contribution in [-0.4, -0.2) is 62.3 Å². The first-order valence-electron chi connectivity index (χ1n) is 12.6. The van der Waals surface area contributed by atoms with E-state index in [1.807, 2.05) is 9.80 Å². The van der Waals surface area contributed by atoms with Gasteiger partial charge in [0, 0.05) is 45.1 Å². The zero-order chi connectivity index (χ0) is 23.3. The lowest BCUT2D eigenvalue weighted by atomic mass is 9.86. The largest absolute Gasteiger partial charge is 0.339 e. The van der Waals surface area contributed by atoms with Gasteiger partial charge in [-0.25, -0.2) is 13.1 Å². The van der Waals surface area contributed by atoms with E-state index >= 15 is 0 Å². The predicted molar refractivity (Wildman–Crippen MR) is 127 cm³/mol. The summed E-state index contributed by atoms with van der Waals surface area (Å²) in [4.78, 5) is 29.3. The SMILES string of the molecule is O=C(CCc1ccc(S(=O)(=O)NC2CC2)cc1)N1CCN(C(=O)CCC2CCCCC2)CC1. The summed E-state index contributed by atoms with van der Waals surface area (Å²) in [7, 11) is -3.44. The van der Waals surface area contributed by atoms with Crippen molar-refractivity contribution in [3.63, 3.8) is 0 Å². The maximum Gasteiger partial charge on any atom is 0.240 e. The van der Waals surface area contributed by atoms with Gasteiger partial charge in [-0.15, -0.1) is 0 Å². The highest BCUT2D eigenvalue weighted by atomic mass is 32.2. The lowest BCUT2D eigenvalue weighted by Crippen LogP contribution is -2.50. The first-order chi connectivity index (χ1) is 15.9. The molecule has 33 heavy (non-hydrogen) atoms. The van der Waals surface area contributed by atoms with Crippen molar-refractivity contribution >= 4 is 21.8 Å². The molecule has 1 saturated heterocycles. The Balaban J connectivity index is 1.16. The molecule has 0 spiro atoms. The minimum atomic E-state index is -3.44. The van der Waals surface area contributed by atoms with Gasteiger partial charge >= 0.3 is 0 Å². The molecular weight excluding hydrogens is 438 g/mol. The molecule has 0 bridgehead atoms. The molecule has 0 atom stereocenters. The minimum Gasteiger partial charge on any atom is -0.339 e. The van der Waals surface area contributed by atoms with Crippen LogP contribution >= 0.6 is 0 Å². The van der Waals surface area contributed by atoms with E-state index in [2.05, 4.69) is 4.72 Å². The normalized spacial score (nSPS) is 20.1. The van der Waals surface area contributed by atoms with Gasteiger partial charge < -0.3 is 9.80 Å². The number of hydrogen-bond acceptors (Lipinski definition) is 4. The van der Waals surface area contributed by atoms with Crippen LogP contribution < -0.4 is 4.72 Å². The third-order valence-electron chi connectivity index (χ3n) is 7.24. The monoisotopic (exact) mass is 475 g/mol. The highest BCUT2D eigenvalue weighted by Crippen LogP contribution is 2.27. The second kappa shape index (κ2) is 11.0. The van der Waals surface area contributed by atoms with Gasteiger partial charge in [0.1, 0.15) is 0 Å². The number of nitrogens with one attached hydrogen (secondary N) is 1. The molecule has 0 unspecified atom stereocenters. The molecule has 1 heterocycles. The molecule has 2 saturated carbocycles. The van der Waals surface area contributed by atoms with Gasteiger partial charge in [-0.2, -0.15) is 0 Å². The van der Waals surface area contributed by atoms with E-state index < -0.39 is 10.0 Å². The Morgan fingerprint density at radius 3 is 1.97 bits per heavy atom. The number of carbonyl (C=O) groups is 2. The molecule has 2 aliphatic carbocycles. The second-order valence-electron chi connectivity index (χ2n) is 9.84. The third kappa shape index (κ3) is 7.03. The average molecular weight is 476 g/mol. The van der Waals surface area contributed by atoms with E-state index in [1.54, 1.807) is 24.3 Å². The average Bonchev–Trinajstić information content (AvgIpc) is 3.65. The molecule has 1 aliphatic heterocycles. The van der Waals surface area contributed by atoms with Gasteiger partial charge in [0.2, 0.25) is 21.8 Å². The van der Waals surface area contributed by atoms with Crippen LogP contribution in [0.3, 0.4) is 0 Å². The first-order valence-corrected chi connectivity index (χ1v) is 14.1. The number of sulfonamides is 1. The van der Waals surface area contributed by atoms with E-state index in [1.165, 1.54) is 32.1 Å². The number of benzene rings is 1. The van der Waals surface area contributed by atoms with Crippen molar-refractivity contribution in [1.82, 2.24) is 14.5 Å². The van der Waals surface area contributed by atoms with Crippen molar-refractivity contribution in [3.05, 3.63) is 29.8 Å². The van der Waals surface area contributed by atoms with Crippen LogP contribution in [0, 0.1) is 5.92 Å². The summed E-state index contributed by atoms with van der Waals surface area (Å²) in [6.07, 6.45) is 10.9. The van der Waals surface area contributed by atoms with Crippen LogP contribution in [-0.2, 0) is 26.0 Å². The molecule has 182 valence electrons. The Kier molecular flexibility index (Phi) is 8.07. The first kappa shape index (κ1) is 24.2. The van der Waals surface area contributed by atoms with E-state index in [0.717, 1.165) is 24.8 Å².